The summed E-state index contributed by atoms with van der Waals surface area (Å²) in [6, 6.07) is 6.39. The Kier molecular flexibility index (Phi) is 2.11. The molecule has 1 aromatic heterocycles. The van der Waals surface area contributed by atoms with Crippen molar-refractivity contribution in [1.29, 1.82) is 0 Å². The Labute approximate surface area is 93.5 Å². The van der Waals surface area contributed by atoms with Gasteiger partial charge in [0, 0.05) is 12.1 Å². The van der Waals surface area contributed by atoms with Crippen LogP contribution in [0.25, 0.3) is 11.0 Å². The van der Waals surface area contributed by atoms with Gasteiger partial charge in [0.05, 0.1) is 18.1 Å². The molecule has 0 radical (unpaired) electrons. The number of rotatable bonds is 3. The number of nitrogens with zero attached hydrogens (tertiary/aromatic N) is 2. The second-order valence-corrected chi connectivity index (χ2v) is 4.14. The van der Waals surface area contributed by atoms with Gasteiger partial charge in [-0.2, -0.15) is 0 Å². The molecule has 16 heavy (non-hydrogen) atoms. The minimum absolute atomic E-state index is 0.00645. The molecule has 4 heteroatoms. The van der Waals surface area contributed by atoms with E-state index in [1.807, 2.05) is 18.2 Å². The van der Waals surface area contributed by atoms with Gasteiger partial charge in [0.15, 0.2) is 0 Å². The van der Waals surface area contributed by atoms with Crippen molar-refractivity contribution >= 4 is 11.0 Å². The molecule has 0 bridgehead atoms. The minimum Gasteiger partial charge on any atom is -0.497 e. The monoisotopic (exact) mass is 218 g/mol. The first-order chi connectivity index (χ1) is 7.83. The smallest absolute Gasteiger partial charge is 0.135 e. The lowest BCUT2D eigenvalue weighted by atomic mass is 10.3. The van der Waals surface area contributed by atoms with Crippen LogP contribution in [0.3, 0.4) is 0 Å². The molecule has 1 heterocycles. The third-order valence-electron chi connectivity index (χ3n) is 3.02. The zero-order valence-corrected chi connectivity index (χ0v) is 9.18. The number of aromatic nitrogens is 2. The summed E-state index contributed by atoms with van der Waals surface area (Å²) in [5, 5.41) is 9.31. The second-order valence-electron chi connectivity index (χ2n) is 4.14. The van der Waals surface area contributed by atoms with Crippen molar-refractivity contribution in [3.8, 4) is 5.75 Å². The SMILES string of the molecule is COc1ccc2c(c1)nc(CO)n2C1CC1. The molecule has 0 spiro atoms. The Balaban J connectivity index is 2.21. The second kappa shape index (κ2) is 3.49. The molecule has 2 aromatic rings. The van der Waals surface area contributed by atoms with Crippen LogP contribution < -0.4 is 4.74 Å². The van der Waals surface area contributed by atoms with Crippen LogP contribution in [-0.2, 0) is 6.61 Å². The number of benzene rings is 1. The Bertz CT molecular complexity index is 529. The summed E-state index contributed by atoms with van der Waals surface area (Å²) in [6.45, 7) is -0.00645. The van der Waals surface area contributed by atoms with E-state index in [4.69, 9.17) is 4.74 Å². The van der Waals surface area contributed by atoms with Crippen LogP contribution in [-0.4, -0.2) is 21.8 Å². The van der Waals surface area contributed by atoms with Crippen LogP contribution in [0.1, 0.15) is 24.7 Å². The molecular formula is C12H14N2O2. The predicted molar refractivity (Wildman–Crippen MR) is 60.5 cm³/mol. The van der Waals surface area contributed by atoms with E-state index < -0.39 is 0 Å². The molecule has 4 nitrogen and oxygen atoms in total. The number of ether oxygens (including phenoxy) is 1. The third kappa shape index (κ3) is 1.38. The fraction of sp³-hybridized carbons (Fsp3) is 0.417. The lowest BCUT2D eigenvalue weighted by Crippen LogP contribution is -2.00. The number of hydrogen-bond donors (Lipinski definition) is 1. The van der Waals surface area contributed by atoms with Crippen LogP contribution in [0.4, 0.5) is 0 Å². The quantitative estimate of drug-likeness (QED) is 0.855. The van der Waals surface area contributed by atoms with Crippen molar-refractivity contribution in [3.63, 3.8) is 0 Å². The first kappa shape index (κ1) is 9.66. The van der Waals surface area contributed by atoms with Crippen LogP contribution in [0.15, 0.2) is 18.2 Å². The molecule has 0 atom stereocenters. The molecule has 1 fully saturated rings. The van der Waals surface area contributed by atoms with Crippen LogP contribution in [0.2, 0.25) is 0 Å². The highest BCUT2D eigenvalue weighted by molar-refractivity contribution is 5.78. The van der Waals surface area contributed by atoms with E-state index in [0.29, 0.717) is 6.04 Å². The summed E-state index contributed by atoms with van der Waals surface area (Å²) in [4.78, 5) is 4.43. The lowest BCUT2D eigenvalue weighted by Gasteiger charge is -2.05. The van der Waals surface area contributed by atoms with Gasteiger partial charge in [0.1, 0.15) is 18.2 Å². The van der Waals surface area contributed by atoms with E-state index in [1.54, 1.807) is 7.11 Å². The summed E-state index contributed by atoms with van der Waals surface area (Å²) in [5.41, 5.74) is 1.99. The molecule has 0 amide bonds. The standard InChI is InChI=1S/C12H14N2O2/c1-16-9-4-5-11-10(6-9)13-12(7-15)14(11)8-2-3-8/h4-6,8,15H,2-3,7H2,1H3. The Hall–Kier alpha value is -1.55. The summed E-state index contributed by atoms with van der Waals surface area (Å²) in [7, 11) is 1.64. The van der Waals surface area contributed by atoms with Gasteiger partial charge in [-0.3, -0.25) is 0 Å². The van der Waals surface area contributed by atoms with Crippen molar-refractivity contribution < 1.29 is 9.84 Å². The predicted octanol–water partition coefficient (Wildman–Crippen LogP) is 1.87. The number of aliphatic hydroxyl groups excluding tert-OH is 1. The normalized spacial score (nSPS) is 15.6. The van der Waals surface area contributed by atoms with Crippen LogP contribution >= 0.6 is 0 Å². The van der Waals surface area contributed by atoms with Gasteiger partial charge in [-0.1, -0.05) is 0 Å². The van der Waals surface area contributed by atoms with Gasteiger partial charge < -0.3 is 14.4 Å². The Morgan fingerprint density at radius 1 is 1.50 bits per heavy atom. The van der Waals surface area contributed by atoms with Crippen LogP contribution in [0, 0.1) is 0 Å². The molecule has 1 saturated carbocycles. The average Bonchev–Trinajstić information content (AvgIpc) is 3.08. The van der Waals surface area contributed by atoms with Crippen molar-refractivity contribution in [2.45, 2.75) is 25.5 Å². The summed E-state index contributed by atoms with van der Waals surface area (Å²) in [6.07, 6.45) is 2.37. The highest BCUT2D eigenvalue weighted by atomic mass is 16.5. The van der Waals surface area contributed by atoms with E-state index in [0.717, 1.165) is 22.6 Å². The summed E-state index contributed by atoms with van der Waals surface area (Å²) >= 11 is 0. The molecule has 1 aliphatic rings. The number of fused-ring (bicyclic) bond motifs is 1. The van der Waals surface area contributed by atoms with Gasteiger partial charge in [-0.25, -0.2) is 4.98 Å². The largest absolute Gasteiger partial charge is 0.497 e. The maximum absolute atomic E-state index is 9.31. The highest BCUT2D eigenvalue weighted by Gasteiger charge is 2.27. The van der Waals surface area contributed by atoms with E-state index in [2.05, 4.69) is 9.55 Å². The number of imidazole rings is 1. The number of aliphatic hydroxyl groups is 1. The van der Waals surface area contributed by atoms with E-state index in [9.17, 15) is 5.11 Å². The van der Waals surface area contributed by atoms with E-state index in [-0.39, 0.29) is 6.61 Å². The molecule has 84 valence electrons. The molecule has 0 unspecified atom stereocenters. The molecule has 1 aliphatic carbocycles. The third-order valence-corrected chi connectivity index (χ3v) is 3.02. The first-order valence-electron chi connectivity index (χ1n) is 5.49. The molecule has 1 N–H and O–H groups in total. The van der Waals surface area contributed by atoms with Crippen molar-refractivity contribution in [3.05, 3.63) is 24.0 Å². The van der Waals surface area contributed by atoms with E-state index >= 15 is 0 Å². The van der Waals surface area contributed by atoms with E-state index in [1.165, 1.54) is 12.8 Å². The topological polar surface area (TPSA) is 47.3 Å². The Morgan fingerprint density at radius 2 is 2.31 bits per heavy atom. The van der Waals surface area contributed by atoms with Crippen LogP contribution in [0.5, 0.6) is 5.75 Å². The van der Waals surface area contributed by atoms with Crippen molar-refractivity contribution in [1.82, 2.24) is 9.55 Å². The van der Waals surface area contributed by atoms with Gasteiger partial charge in [0.25, 0.3) is 0 Å². The molecule has 1 aromatic carbocycles. The molecule has 0 saturated heterocycles. The first-order valence-corrected chi connectivity index (χ1v) is 5.49. The highest BCUT2D eigenvalue weighted by Crippen LogP contribution is 2.39. The number of hydrogen-bond acceptors (Lipinski definition) is 3. The molecule has 0 aliphatic heterocycles. The number of methoxy groups -OCH3 is 1. The molecular weight excluding hydrogens is 204 g/mol. The zero-order valence-electron chi connectivity index (χ0n) is 9.18. The zero-order chi connectivity index (χ0) is 11.1. The fourth-order valence-corrected chi connectivity index (χ4v) is 2.11. The van der Waals surface area contributed by atoms with Crippen molar-refractivity contribution in [2.75, 3.05) is 7.11 Å². The maximum Gasteiger partial charge on any atom is 0.135 e. The van der Waals surface area contributed by atoms with Gasteiger partial charge in [-0.15, -0.1) is 0 Å². The fourth-order valence-electron chi connectivity index (χ4n) is 2.11. The summed E-state index contributed by atoms with van der Waals surface area (Å²) in [5.74, 6) is 1.56. The van der Waals surface area contributed by atoms with Gasteiger partial charge in [0.2, 0.25) is 0 Å². The van der Waals surface area contributed by atoms with Gasteiger partial charge in [-0.05, 0) is 25.0 Å². The maximum atomic E-state index is 9.31. The molecule has 3 rings (SSSR count). The average molecular weight is 218 g/mol. The summed E-state index contributed by atoms with van der Waals surface area (Å²) < 4.78 is 7.32. The Morgan fingerprint density at radius 3 is 2.94 bits per heavy atom. The minimum atomic E-state index is -0.00645. The lowest BCUT2D eigenvalue weighted by molar-refractivity contribution is 0.266. The van der Waals surface area contributed by atoms with Crippen molar-refractivity contribution in [2.24, 2.45) is 0 Å². The van der Waals surface area contributed by atoms with Gasteiger partial charge >= 0.3 is 0 Å².